The number of anilines is 1. The van der Waals surface area contributed by atoms with E-state index in [1.165, 1.54) is 12.4 Å². The van der Waals surface area contributed by atoms with E-state index in [2.05, 4.69) is 19.9 Å². The first-order chi connectivity index (χ1) is 16.5. The van der Waals surface area contributed by atoms with Crippen molar-refractivity contribution in [1.82, 2.24) is 19.9 Å². The van der Waals surface area contributed by atoms with Gasteiger partial charge in [-0.2, -0.15) is 0 Å². The normalized spacial score (nSPS) is 22.7. The molecule has 1 aliphatic heterocycles. The molecular weight excluding hydrogens is 437 g/mol. The number of aromatic nitrogens is 3. The minimum Gasteiger partial charge on any atom is -0.491 e. The lowest BCUT2D eigenvalue weighted by Crippen LogP contribution is -2.36. The van der Waals surface area contributed by atoms with Gasteiger partial charge in [0, 0.05) is 42.9 Å². The second kappa shape index (κ2) is 9.58. The van der Waals surface area contributed by atoms with Crippen LogP contribution in [0.25, 0.3) is 22.2 Å². The number of ether oxygens (including phenoxy) is 2. The van der Waals surface area contributed by atoms with E-state index in [4.69, 9.17) is 15.2 Å². The van der Waals surface area contributed by atoms with Gasteiger partial charge in [0.25, 0.3) is 0 Å². The van der Waals surface area contributed by atoms with E-state index in [0.29, 0.717) is 40.3 Å². The number of hydrogen-bond acceptors (Lipinski definition) is 6. The molecule has 0 radical (unpaired) electrons. The average molecular weight is 468 g/mol. The van der Waals surface area contributed by atoms with Crippen LogP contribution in [0.1, 0.15) is 51.5 Å². The van der Waals surface area contributed by atoms with Crippen LogP contribution in [0.2, 0.25) is 0 Å². The van der Waals surface area contributed by atoms with Crippen molar-refractivity contribution >= 4 is 22.8 Å². The Morgan fingerprint density at radius 1 is 1.24 bits per heavy atom. The van der Waals surface area contributed by atoms with Crippen molar-refractivity contribution in [3.63, 3.8) is 0 Å². The zero-order chi connectivity index (χ0) is 23.7. The number of benzene rings is 1. The molecule has 180 valence electrons. The summed E-state index contributed by atoms with van der Waals surface area (Å²) in [7, 11) is 0. The lowest BCUT2D eigenvalue weighted by atomic mass is 9.91. The molecule has 3 heterocycles. The molecule has 8 nitrogen and oxygen atoms in total. The Morgan fingerprint density at radius 2 is 2.06 bits per heavy atom. The van der Waals surface area contributed by atoms with Gasteiger partial charge in [-0.05, 0) is 56.7 Å². The van der Waals surface area contributed by atoms with Crippen molar-refractivity contribution in [3.05, 3.63) is 36.5 Å². The minimum absolute atomic E-state index is 0.00488. The van der Waals surface area contributed by atoms with Gasteiger partial charge in [0.05, 0.1) is 11.5 Å². The third-order valence-corrected chi connectivity index (χ3v) is 6.82. The molecule has 1 aromatic carbocycles. The van der Waals surface area contributed by atoms with Gasteiger partial charge < -0.3 is 25.1 Å². The van der Waals surface area contributed by atoms with Crippen LogP contribution in [-0.2, 0) is 9.53 Å². The number of carbonyl (C=O) groups excluding carboxylic acids is 1. The van der Waals surface area contributed by atoms with Crippen molar-refractivity contribution < 1.29 is 18.7 Å². The number of nitrogens with one attached hydrogen (secondary N) is 1. The van der Waals surface area contributed by atoms with E-state index in [1.807, 2.05) is 6.20 Å². The predicted octanol–water partition coefficient (Wildman–Crippen LogP) is 4.00. The Bertz CT molecular complexity index is 1180. The van der Waals surface area contributed by atoms with Crippen molar-refractivity contribution in [1.29, 1.82) is 0 Å². The van der Waals surface area contributed by atoms with Crippen LogP contribution in [0.4, 0.5) is 10.2 Å². The Labute approximate surface area is 197 Å². The molecule has 9 heteroatoms. The molecule has 0 bridgehead atoms. The zero-order valence-electron chi connectivity index (χ0n) is 19.3. The minimum atomic E-state index is -0.360. The van der Waals surface area contributed by atoms with E-state index in [9.17, 15) is 4.79 Å². The zero-order valence-corrected chi connectivity index (χ0v) is 19.3. The van der Waals surface area contributed by atoms with Crippen molar-refractivity contribution in [2.45, 2.75) is 63.6 Å². The maximum atomic E-state index is 15.1. The summed E-state index contributed by atoms with van der Waals surface area (Å²) in [5, 5.41) is 3.65. The van der Waals surface area contributed by atoms with Crippen LogP contribution in [-0.4, -0.2) is 45.8 Å². The highest BCUT2D eigenvalue weighted by atomic mass is 19.1. The molecule has 1 unspecified atom stereocenters. The van der Waals surface area contributed by atoms with Crippen molar-refractivity contribution in [3.8, 4) is 16.9 Å². The van der Waals surface area contributed by atoms with Gasteiger partial charge in [-0.25, -0.2) is 14.4 Å². The quantitative estimate of drug-likeness (QED) is 0.568. The highest BCUT2D eigenvalue weighted by Crippen LogP contribution is 2.39. The number of halogens is 1. The summed E-state index contributed by atoms with van der Waals surface area (Å²) in [6.07, 6.45) is 8.97. The van der Waals surface area contributed by atoms with E-state index in [-0.39, 0.29) is 29.9 Å². The van der Waals surface area contributed by atoms with Crippen LogP contribution in [0.5, 0.6) is 5.75 Å². The van der Waals surface area contributed by atoms with Crippen LogP contribution in [0.15, 0.2) is 30.7 Å². The number of hydrogen-bond donors (Lipinski definition) is 2. The van der Waals surface area contributed by atoms with Gasteiger partial charge >= 0.3 is 0 Å². The number of rotatable bonds is 6. The first-order valence-electron chi connectivity index (χ1n) is 11.9. The average Bonchev–Trinajstić information content (AvgIpc) is 3.48. The van der Waals surface area contributed by atoms with E-state index in [0.717, 1.165) is 45.1 Å². The fourth-order valence-electron chi connectivity index (χ4n) is 5.14. The van der Waals surface area contributed by atoms with Crippen molar-refractivity contribution in [2.75, 3.05) is 18.9 Å². The number of nitrogens with two attached hydrogens (primary N) is 1. The summed E-state index contributed by atoms with van der Waals surface area (Å²) in [6.45, 7) is 2.74. The highest BCUT2D eigenvalue weighted by molar-refractivity contribution is 6.01. The summed E-state index contributed by atoms with van der Waals surface area (Å²) in [5.74, 6) is 0.533. The first-order valence-corrected chi connectivity index (χ1v) is 11.9. The Balaban J connectivity index is 1.46. The Morgan fingerprint density at radius 3 is 2.79 bits per heavy atom. The predicted molar refractivity (Wildman–Crippen MR) is 127 cm³/mol. The fourth-order valence-corrected chi connectivity index (χ4v) is 5.14. The Hall–Kier alpha value is -3.20. The molecule has 1 atom stereocenters. The summed E-state index contributed by atoms with van der Waals surface area (Å²) in [4.78, 5) is 20.1. The van der Waals surface area contributed by atoms with Crippen LogP contribution in [0, 0.1) is 5.82 Å². The van der Waals surface area contributed by atoms with Crippen LogP contribution in [0.3, 0.4) is 0 Å². The third kappa shape index (κ3) is 4.57. The van der Waals surface area contributed by atoms with Gasteiger partial charge in [-0.3, -0.25) is 4.79 Å². The monoisotopic (exact) mass is 467 g/mol. The molecule has 1 saturated heterocycles. The summed E-state index contributed by atoms with van der Waals surface area (Å²) >= 11 is 0. The molecule has 2 aromatic heterocycles. The smallest absolute Gasteiger partial charge is 0.217 e. The number of carbonyl (C=O) groups is 1. The van der Waals surface area contributed by atoms with Gasteiger partial charge in [0.2, 0.25) is 5.91 Å². The van der Waals surface area contributed by atoms with Gasteiger partial charge in [-0.15, -0.1) is 0 Å². The molecule has 34 heavy (non-hydrogen) atoms. The van der Waals surface area contributed by atoms with Crippen molar-refractivity contribution in [2.24, 2.45) is 0 Å². The molecule has 3 aromatic rings. The van der Waals surface area contributed by atoms with Gasteiger partial charge in [-0.1, -0.05) is 0 Å². The molecule has 5 rings (SSSR count). The van der Waals surface area contributed by atoms with E-state index < -0.39 is 0 Å². The number of amides is 1. The first kappa shape index (κ1) is 22.6. The fraction of sp³-hybridized carbons (Fsp3) is 0.480. The summed E-state index contributed by atoms with van der Waals surface area (Å²) in [6, 6.07) is 5.13. The third-order valence-electron chi connectivity index (χ3n) is 6.82. The molecule has 2 aliphatic rings. The molecule has 3 N–H and O–H groups in total. The Kier molecular flexibility index (Phi) is 6.36. The molecule has 1 saturated carbocycles. The summed E-state index contributed by atoms with van der Waals surface area (Å²) < 4.78 is 28.7. The number of nitrogen functional groups attached to an aromatic ring is 1. The summed E-state index contributed by atoms with van der Waals surface area (Å²) in [5.41, 5.74) is 8.01. The lowest BCUT2D eigenvalue weighted by molar-refractivity contribution is -0.119. The lowest BCUT2D eigenvalue weighted by Gasteiger charge is -2.30. The molecule has 2 fully saturated rings. The van der Waals surface area contributed by atoms with Crippen LogP contribution >= 0.6 is 0 Å². The number of nitrogens with zero attached hydrogens (tertiary/aromatic N) is 3. The second-order valence-electron chi connectivity index (χ2n) is 9.20. The highest BCUT2D eigenvalue weighted by Gasteiger charge is 2.27. The van der Waals surface area contributed by atoms with E-state index >= 15 is 4.39 Å². The SMILES string of the molecule is CC(=O)NC1CCC(n2cc(-c3cc(OCC4CCCO4)ccc3F)c3c(N)ncnc32)CC1. The maximum Gasteiger partial charge on any atom is 0.217 e. The van der Waals surface area contributed by atoms with Gasteiger partial charge in [0.1, 0.15) is 36.0 Å². The largest absolute Gasteiger partial charge is 0.491 e. The molecular formula is C25H30FN5O3. The topological polar surface area (TPSA) is 104 Å². The second-order valence-corrected chi connectivity index (χ2v) is 9.20. The van der Waals surface area contributed by atoms with Crippen LogP contribution < -0.4 is 15.8 Å². The van der Waals surface area contributed by atoms with E-state index in [1.54, 1.807) is 19.1 Å². The number of fused-ring (bicyclic) bond motifs is 1. The molecule has 1 aliphatic carbocycles. The molecule has 1 amide bonds. The van der Waals surface area contributed by atoms with Gasteiger partial charge in [0.15, 0.2) is 0 Å². The maximum absolute atomic E-state index is 15.1. The standard InChI is InChI=1S/C25H30FN5O3/c1-15(32)30-16-4-6-17(7-5-16)31-12-21(23-24(27)28-14-29-25(23)31)20-11-18(8-9-22(20)26)34-13-19-3-2-10-33-19/h8-9,11-12,14,16-17,19H,2-7,10,13H2,1H3,(H,30,32)(H2,27,28,29). The molecule has 0 spiro atoms.